The van der Waals surface area contributed by atoms with Gasteiger partial charge in [0.15, 0.2) is 31.5 Å². The molecule has 26 heteroatoms. The van der Waals surface area contributed by atoms with Crippen molar-refractivity contribution < 1.29 is 129 Å². The van der Waals surface area contributed by atoms with Crippen LogP contribution in [0.15, 0.2) is 0 Å². The minimum absolute atomic E-state index is 0.833. The fourth-order valence-corrected chi connectivity index (χ4v) is 6.95. The molecule has 0 amide bonds. The Hall–Kier alpha value is -1.04. The van der Waals surface area contributed by atoms with Gasteiger partial charge in [-0.1, -0.05) is 0 Å². The summed E-state index contributed by atoms with van der Waals surface area (Å²) < 4.78 is 50.2. The van der Waals surface area contributed by atoms with Crippen molar-refractivity contribution >= 4 is 0 Å². The lowest BCUT2D eigenvalue weighted by Gasteiger charge is -2.50. The van der Waals surface area contributed by atoms with Gasteiger partial charge in [0, 0.05) is 0 Å². The maximum absolute atomic E-state index is 11.3. The number of aliphatic hydroxyl groups excluding tert-OH is 17. The molecule has 5 aliphatic heterocycles. The second-order valence-corrected chi connectivity index (χ2v) is 13.9. The van der Waals surface area contributed by atoms with Crippen molar-refractivity contribution in [1.82, 2.24) is 0 Å². The summed E-state index contributed by atoms with van der Waals surface area (Å²) >= 11 is 0. The van der Waals surface area contributed by atoms with E-state index in [1.54, 1.807) is 0 Å². The van der Waals surface area contributed by atoms with Crippen LogP contribution in [0.25, 0.3) is 0 Å². The molecule has 25 atom stereocenters. The van der Waals surface area contributed by atoms with Gasteiger partial charge >= 0.3 is 0 Å². The third-order valence-electron chi connectivity index (χ3n) is 10.3. The largest absolute Gasteiger partial charge is 0.394 e. The number of ether oxygens (including phenoxy) is 9. The van der Waals surface area contributed by atoms with E-state index >= 15 is 0 Å². The minimum atomic E-state index is -2.16. The van der Waals surface area contributed by atoms with Gasteiger partial charge in [-0.05, 0) is 0 Å². The fourth-order valence-electron chi connectivity index (χ4n) is 6.95. The predicted molar refractivity (Wildman–Crippen MR) is 167 cm³/mol. The molecule has 5 fully saturated rings. The van der Waals surface area contributed by atoms with Crippen molar-refractivity contribution in [3.63, 3.8) is 0 Å². The average molecular weight is 829 g/mol. The normalized spacial score (nSPS) is 53.2. The fraction of sp³-hybridized carbons (Fsp3) is 1.00. The summed E-state index contributed by atoms with van der Waals surface area (Å²) in [5.74, 6) is 0. The molecule has 0 aromatic rings. The van der Waals surface area contributed by atoms with E-state index in [1.165, 1.54) is 0 Å². The molecule has 5 heterocycles. The van der Waals surface area contributed by atoms with Gasteiger partial charge in [0.1, 0.15) is 122 Å². The smallest absolute Gasteiger partial charge is 0.187 e. The Labute approximate surface area is 316 Å². The molecule has 328 valence electrons. The number of hydrogen-bond donors (Lipinski definition) is 17. The Kier molecular flexibility index (Phi) is 16.1. The van der Waals surface area contributed by atoms with Gasteiger partial charge < -0.3 is 129 Å². The molecule has 0 bridgehead atoms. The van der Waals surface area contributed by atoms with E-state index in [-0.39, 0.29) is 0 Å². The summed E-state index contributed by atoms with van der Waals surface area (Å²) in [4.78, 5) is 0. The molecule has 0 spiro atoms. The third kappa shape index (κ3) is 9.16. The first-order chi connectivity index (χ1) is 26.5. The number of hydrogen-bond acceptors (Lipinski definition) is 26. The maximum atomic E-state index is 11.3. The second-order valence-electron chi connectivity index (χ2n) is 13.9. The van der Waals surface area contributed by atoms with Crippen LogP contribution in [-0.4, -0.2) is 273 Å². The van der Waals surface area contributed by atoms with Gasteiger partial charge in [-0.3, -0.25) is 0 Å². The summed E-state index contributed by atoms with van der Waals surface area (Å²) in [6.07, 6.45) is -48.2. The SMILES string of the molecule is OC[C@H]1O[C@@H](O[C@H]2[C@H](O[C@H]3[C@H](O[C@H]4[C@H](O[C@H]5C(O)O[C@H](CO)[C@@H](O)[C@@H]5O)O[C@H](CO)[C@@H](O)[C@@H]4O)O[C@H](CO)[C@@H](O)[C@@H]3O)O[C@H](CO)[C@@H](O)[C@@H]2O)[C@H](O)[C@@H](O)[C@@H]1O. The molecular formula is C30H52O26. The van der Waals surface area contributed by atoms with Crippen LogP contribution in [0.2, 0.25) is 0 Å². The Bertz CT molecular complexity index is 1210. The van der Waals surface area contributed by atoms with Gasteiger partial charge in [-0.25, -0.2) is 0 Å². The van der Waals surface area contributed by atoms with Crippen LogP contribution < -0.4 is 0 Å². The van der Waals surface area contributed by atoms with Crippen LogP contribution in [-0.2, 0) is 42.6 Å². The van der Waals surface area contributed by atoms with Crippen LogP contribution in [0.5, 0.6) is 0 Å². The summed E-state index contributed by atoms with van der Waals surface area (Å²) in [5, 5.41) is 177. The molecule has 5 aliphatic rings. The van der Waals surface area contributed by atoms with Gasteiger partial charge in [-0.15, -0.1) is 0 Å². The summed E-state index contributed by atoms with van der Waals surface area (Å²) in [5.41, 5.74) is 0. The molecule has 0 aromatic heterocycles. The highest BCUT2D eigenvalue weighted by atomic mass is 16.8. The van der Waals surface area contributed by atoms with E-state index in [4.69, 9.17) is 42.6 Å². The monoisotopic (exact) mass is 828 g/mol. The van der Waals surface area contributed by atoms with Crippen LogP contribution in [0, 0.1) is 0 Å². The van der Waals surface area contributed by atoms with Gasteiger partial charge in [0.2, 0.25) is 0 Å². The lowest BCUT2D eigenvalue weighted by molar-refractivity contribution is -0.412. The quantitative estimate of drug-likeness (QED) is 0.0819. The van der Waals surface area contributed by atoms with Crippen LogP contribution in [0.1, 0.15) is 0 Å². The topological polar surface area (TPSA) is 427 Å². The first-order valence-electron chi connectivity index (χ1n) is 17.6. The zero-order valence-electron chi connectivity index (χ0n) is 29.2. The highest BCUT2D eigenvalue weighted by Crippen LogP contribution is 2.36. The van der Waals surface area contributed by atoms with Gasteiger partial charge in [0.25, 0.3) is 0 Å². The zero-order chi connectivity index (χ0) is 41.3. The Morgan fingerprint density at radius 1 is 0.268 bits per heavy atom. The van der Waals surface area contributed by atoms with Crippen molar-refractivity contribution in [2.75, 3.05) is 33.0 Å². The maximum Gasteiger partial charge on any atom is 0.187 e. The van der Waals surface area contributed by atoms with Crippen LogP contribution in [0.3, 0.4) is 0 Å². The van der Waals surface area contributed by atoms with Gasteiger partial charge in [0.05, 0.1) is 33.0 Å². The molecular weight excluding hydrogens is 776 g/mol. The molecule has 0 aliphatic carbocycles. The molecule has 17 N–H and O–H groups in total. The van der Waals surface area contributed by atoms with Crippen LogP contribution in [0.4, 0.5) is 0 Å². The molecule has 1 unspecified atom stereocenters. The molecule has 5 rings (SSSR count). The summed E-state index contributed by atoms with van der Waals surface area (Å²) in [6, 6.07) is 0. The highest BCUT2D eigenvalue weighted by Gasteiger charge is 2.57. The Morgan fingerprint density at radius 2 is 0.518 bits per heavy atom. The second kappa shape index (κ2) is 19.6. The summed E-state index contributed by atoms with van der Waals surface area (Å²) in [6.45, 7) is -4.60. The van der Waals surface area contributed by atoms with E-state index in [0.29, 0.717) is 0 Å². The molecule has 0 aromatic carbocycles. The molecule has 5 saturated heterocycles. The lowest BCUT2D eigenvalue weighted by atomic mass is 9.95. The van der Waals surface area contributed by atoms with Crippen LogP contribution >= 0.6 is 0 Å². The first-order valence-corrected chi connectivity index (χ1v) is 17.6. The van der Waals surface area contributed by atoms with E-state index in [1.807, 2.05) is 0 Å². The highest BCUT2D eigenvalue weighted by molar-refractivity contribution is 4.98. The van der Waals surface area contributed by atoms with Crippen molar-refractivity contribution in [2.24, 2.45) is 0 Å². The molecule has 0 radical (unpaired) electrons. The Balaban J connectivity index is 1.45. The van der Waals surface area contributed by atoms with E-state index in [9.17, 15) is 86.8 Å². The molecule has 26 nitrogen and oxygen atoms in total. The van der Waals surface area contributed by atoms with E-state index in [0.717, 1.165) is 0 Å². The van der Waals surface area contributed by atoms with Crippen molar-refractivity contribution in [3.8, 4) is 0 Å². The van der Waals surface area contributed by atoms with E-state index < -0.39 is 187 Å². The number of aliphatic hydroxyl groups is 17. The molecule has 56 heavy (non-hydrogen) atoms. The minimum Gasteiger partial charge on any atom is -0.394 e. The lowest BCUT2D eigenvalue weighted by Crippen LogP contribution is -2.68. The van der Waals surface area contributed by atoms with Crippen molar-refractivity contribution in [2.45, 2.75) is 154 Å². The zero-order valence-corrected chi connectivity index (χ0v) is 29.2. The third-order valence-corrected chi connectivity index (χ3v) is 10.3. The number of rotatable bonds is 13. The average Bonchev–Trinajstić information content (AvgIpc) is 3.19. The standard InChI is InChI=1S/C30H52O26/c31-1-6-12(37)17(42)22(26(47)48-6)53-28-24(19(44)14(39)8(3-33)50-28)55-30-25(20(45)15(40)10(5-35)52-30)56-29-23(18(43)13(38)9(4-34)51-29)54-27-21(46)16(41)11(36)7(2-32)49-27/h6-47H,1-5H2/t6-,7-,8-,9-,10-,11-,12-,13-,14-,15-,16+,17+,18+,19+,20+,21-,22-,23-,24-,25-,26?,27+,28+,29+,30+/m1/s1. The first kappa shape index (κ1) is 46.0. The van der Waals surface area contributed by atoms with Crippen molar-refractivity contribution in [1.29, 1.82) is 0 Å². The molecule has 0 saturated carbocycles. The van der Waals surface area contributed by atoms with E-state index in [2.05, 4.69) is 0 Å². The van der Waals surface area contributed by atoms with Gasteiger partial charge in [-0.2, -0.15) is 0 Å². The van der Waals surface area contributed by atoms with Crippen molar-refractivity contribution in [3.05, 3.63) is 0 Å². The Morgan fingerprint density at radius 3 is 0.857 bits per heavy atom. The predicted octanol–water partition coefficient (Wildman–Crippen LogP) is -11.9. The summed E-state index contributed by atoms with van der Waals surface area (Å²) in [7, 11) is 0.